The van der Waals surface area contributed by atoms with E-state index in [0.29, 0.717) is 0 Å². The molecule has 104 valence electrons. The normalized spacial score (nSPS) is 25.4. The molecule has 19 heavy (non-hydrogen) atoms. The summed E-state index contributed by atoms with van der Waals surface area (Å²) in [4.78, 5) is 0. The summed E-state index contributed by atoms with van der Waals surface area (Å²) in [5.74, 6) is 0.833. The van der Waals surface area contributed by atoms with Gasteiger partial charge in [-0.1, -0.05) is 49.9 Å². The Morgan fingerprint density at radius 2 is 1.68 bits per heavy atom. The molecule has 0 amide bonds. The lowest BCUT2D eigenvalue weighted by molar-refractivity contribution is 0.566. The summed E-state index contributed by atoms with van der Waals surface area (Å²) in [6.07, 6.45) is 12.5. The van der Waals surface area contributed by atoms with Gasteiger partial charge in [-0.25, -0.2) is 0 Å². The summed E-state index contributed by atoms with van der Waals surface area (Å²) in [5.41, 5.74) is 3.28. The molecule has 1 heteroatoms. The first-order valence-corrected chi connectivity index (χ1v) is 8.24. The van der Waals surface area contributed by atoms with Crippen molar-refractivity contribution in [3.05, 3.63) is 35.4 Å². The molecule has 1 saturated heterocycles. The summed E-state index contributed by atoms with van der Waals surface area (Å²) in [6, 6.07) is 9.98. The van der Waals surface area contributed by atoms with Crippen LogP contribution in [0.25, 0.3) is 0 Å². The van der Waals surface area contributed by atoms with Gasteiger partial charge in [0.1, 0.15) is 0 Å². The van der Waals surface area contributed by atoms with Gasteiger partial charge in [0.15, 0.2) is 0 Å². The number of nitrogens with one attached hydrogen (secondary N) is 1. The summed E-state index contributed by atoms with van der Waals surface area (Å²) in [5, 5.41) is 3.65. The molecule has 1 aliphatic heterocycles. The number of hydrogen-bond acceptors (Lipinski definition) is 1. The van der Waals surface area contributed by atoms with Crippen LogP contribution in [-0.2, 0) is 6.42 Å². The van der Waals surface area contributed by atoms with Gasteiger partial charge in [-0.3, -0.25) is 0 Å². The van der Waals surface area contributed by atoms with Gasteiger partial charge < -0.3 is 5.32 Å². The van der Waals surface area contributed by atoms with E-state index in [0.717, 1.165) is 12.0 Å². The summed E-state index contributed by atoms with van der Waals surface area (Å²) >= 11 is 0. The van der Waals surface area contributed by atoms with Crippen molar-refractivity contribution in [1.82, 2.24) is 5.32 Å². The van der Waals surface area contributed by atoms with Crippen LogP contribution >= 0.6 is 0 Å². The highest BCUT2D eigenvalue weighted by molar-refractivity contribution is 5.31. The molecule has 1 atom stereocenters. The molecule has 0 aromatic heterocycles. The average Bonchev–Trinajstić information content (AvgIpc) is 2.80. The second-order valence-electron chi connectivity index (χ2n) is 6.38. The van der Waals surface area contributed by atoms with E-state index in [4.69, 9.17) is 0 Å². The molecule has 1 aliphatic carbocycles. The smallest absolute Gasteiger partial charge is 0.0108 e. The van der Waals surface area contributed by atoms with Crippen molar-refractivity contribution < 1.29 is 0 Å². The molecule has 1 aromatic rings. The molecule has 1 saturated carbocycles. The minimum absolute atomic E-state index is 0.729. The zero-order valence-electron chi connectivity index (χ0n) is 12.0. The van der Waals surface area contributed by atoms with Gasteiger partial charge >= 0.3 is 0 Å². The molecule has 1 heterocycles. The number of rotatable bonds is 3. The molecular weight excluding hydrogens is 230 g/mol. The van der Waals surface area contributed by atoms with Crippen LogP contribution in [-0.4, -0.2) is 12.6 Å². The molecule has 2 aliphatic rings. The lowest BCUT2D eigenvalue weighted by Crippen LogP contribution is -2.24. The first-order valence-electron chi connectivity index (χ1n) is 8.24. The van der Waals surface area contributed by atoms with Gasteiger partial charge in [0.25, 0.3) is 0 Å². The summed E-state index contributed by atoms with van der Waals surface area (Å²) < 4.78 is 0. The highest BCUT2D eigenvalue weighted by Gasteiger charge is 2.20. The minimum atomic E-state index is 0.729. The fourth-order valence-corrected chi connectivity index (χ4v) is 3.91. The van der Waals surface area contributed by atoms with Crippen LogP contribution < -0.4 is 5.32 Å². The molecule has 3 rings (SSSR count). The SMILES string of the molecule is c1ccc(C2CCCCCC2)c(CC2CCCN2)c1. The quantitative estimate of drug-likeness (QED) is 0.790. The average molecular weight is 257 g/mol. The Labute approximate surface area is 117 Å². The van der Waals surface area contributed by atoms with Crippen LogP contribution in [0.15, 0.2) is 24.3 Å². The maximum Gasteiger partial charge on any atom is 0.0108 e. The Hall–Kier alpha value is -0.820. The summed E-state index contributed by atoms with van der Waals surface area (Å²) in [6.45, 7) is 1.22. The van der Waals surface area contributed by atoms with Crippen LogP contribution in [0.1, 0.15) is 68.4 Å². The predicted octanol–water partition coefficient (Wildman–Crippen LogP) is 4.42. The Bertz CT molecular complexity index is 384. The molecule has 1 nitrogen and oxygen atoms in total. The van der Waals surface area contributed by atoms with Crippen LogP contribution in [0.2, 0.25) is 0 Å². The van der Waals surface area contributed by atoms with Crippen LogP contribution in [0, 0.1) is 0 Å². The van der Waals surface area contributed by atoms with Crippen LogP contribution in [0.5, 0.6) is 0 Å². The van der Waals surface area contributed by atoms with Crippen molar-refractivity contribution in [2.45, 2.75) is 69.7 Å². The molecule has 2 fully saturated rings. The topological polar surface area (TPSA) is 12.0 Å². The van der Waals surface area contributed by atoms with Crippen molar-refractivity contribution in [2.75, 3.05) is 6.54 Å². The molecular formula is C18H27N. The lowest BCUT2D eigenvalue weighted by Gasteiger charge is -2.20. The van der Waals surface area contributed by atoms with E-state index >= 15 is 0 Å². The Morgan fingerprint density at radius 1 is 0.895 bits per heavy atom. The van der Waals surface area contributed by atoms with E-state index in [1.54, 1.807) is 11.1 Å². The van der Waals surface area contributed by atoms with Crippen molar-refractivity contribution in [2.24, 2.45) is 0 Å². The molecule has 1 aromatic carbocycles. The highest BCUT2D eigenvalue weighted by Crippen LogP contribution is 2.34. The number of benzene rings is 1. The van der Waals surface area contributed by atoms with E-state index in [2.05, 4.69) is 29.6 Å². The third-order valence-electron chi connectivity index (χ3n) is 4.98. The van der Waals surface area contributed by atoms with E-state index in [-0.39, 0.29) is 0 Å². The maximum atomic E-state index is 3.65. The molecule has 0 radical (unpaired) electrons. The first-order chi connectivity index (χ1) is 9.43. The molecule has 0 spiro atoms. The Balaban J connectivity index is 1.75. The molecule has 1 N–H and O–H groups in total. The summed E-state index contributed by atoms with van der Waals surface area (Å²) in [7, 11) is 0. The largest absolute Gasteiger partial charge is 0.314 e. The first kappa shape index (κ1) is 13.2. The zero-order valence-corrected chi connectivity index (χ0v) is 12.0. The van der Waals surface area contributed by atoms with Gasteiger partial charge in [-0.05, 0) is 55.7 Å². The van der Waals surface area contributed by atoms with Gasteiger partial charge in [0.2, 0.25) is 0 Å². The third kappa shape index (κ3) is 3.39. The van der Waals surface area contributed by atoms with E-state index in [9.17, 15) is 0 Å². The second kappa shape index (κ2) is 6.56. The van der Waals surface area contributed by atoms with Crippen molar-refractivity contribution >= 4 is 0 Å². The van der Waals surface area contributed by atoms with Crippen LogP contribution in [0.4, 0.5) is 0 Å². The van der Waals surface area contributed by atoms with Gasteiger partial charge in [-0.15, -0.1) is 0 Å². The lowest BCUT2D eigenvalue weighted by atomic mass is 9.86. The van der Waals surface area contributed by atoms with Crippen molar-refractivity contribution in [3.8, 4) is 0 Å². The van der Waals surface area contributed by atoms with Crippen LogP contribution in [0.3, 0.4) is 0 Å². The van der Waals surface area contributed by atoms with E-state index < -0.39 is 0 Å². The molecule has 0 bridgehead atoms. The highest BCUT2D eigenvalue weighted by atomic mass is 14.9. The van der Waals surface area contributed by atoms with E-state index in [1.807, 2.05) is 0 Å². The van der Waals surface area contributed by atoms with Gasteiger partial charge in [-0.2, -0.15) is 0 Å². The standard InChI is InChI=1S/C18H27N/c1-2-4-9-15(8-3-1)18-12-6-5-10-16(18)14-17-11-7-13-19-17/h5-6,10,12,15,17,19H,1-4,7-9,11,13-14H2. The Kier molecular flexibility index (Phi) is 4.55. The minimum Gasteiger partial charge on any atom is -0.314 e. The van der Waals surface area contributed by atoms with Gasteiger partial charge in [0, 0.05) is 6.04 Å². The Morgan fingerprint density at radius 3 is 2.42 bits per heavy atom. The van der Waals surface area contributed by atoms with E-state index in [1.165, 1.54) is 64.3 Å². The van der Waals surface area contributed by atoms with Gasteiger partial charge in [0.05, 0.1) is 0 Å². The van der Waals surface area contributed by atoms with Crippen molar-refractivity contribution in [1.29, 1.82) is 0 Å². The van der Waals surface area contributed by atoms with Crippen molar-refractivity contribution in [3.63, 3.8) is 0 Å². The zero-order chi connectivity index (χ0) is 12.9. The molecule has 1 unspecified atom stereocenters. The number of hydrogen-bond donors (Lipinski definition) is 1. The second-order valence-corrected chi connectivity index (χ2v) is 6.38. The fraction of sp³-hybridized carbons (Fsp3) is 0.667. The monoisotopic (exact) mass is 257 g/mol. The maximum absolute atomic E-state index is 3.65. The third-order valence-corrected chi connectivity index (χ3v) is 4.98. The predicted molar refractivity (Wildman–Crippen MR) is 81.6 cm³/mol. The fourth-order valence-electron chi connectivity index (χ4n) is 3.91.